The van der Waals surface area contributed by atoms with Crippen LogP contribution < -0.4 is 0 Å². The predicted molar refractivity (Wildman–Crippen MR) is 101 cm³/mol. The van der Waals surface area contributed by atoms with Gasteiger partial charge in [0.15, 0.2) is 0 Å². The number of halogens is 2. The van der Waals surface area contributed by atoms with Crippen molar-refractivity contribution in [3.05, 3.63) is 69.8 Å². The first-order valence-electron chi connectivity index (χ1n) is 8.66. The van der Waals surface area contributed by atoms with E-state index in [1.807, 2.05) is 31.2 Å². The van der Waals surface area contributed by atoms with Crippen molar-refractivity contribution in [2.45, 2.75) is 32.4 Å². The summed E-state index contributed by atoms with van der Waals surface area (Å²) < 4.78 is 20.3. The van der Waals surface area contributed by atoms with Gasteiger partial charge < -0.3 is 9.42 Å². The van der Waals surface area contributed by atoms with E-state index >= 15 is 0 Å². The van der Waals surface area contributed by atoms with Crippen molar-refractivity contribution in [2.75, 3.05) is 0 Å². The van der Waals surface area contributed by atoms with Gasteiger partial charge in [0.05, 0.1) is 0 Å². The van der Waals surface area contributed by atoms with Gasteiger partial charge in [0.2, 0.25) is 17.6 Å². The average molecular weight is 430 g/mol. The van der Waals surface area contributed by atoms with Crippen LogP contribution in [0.4, 0.5) is 4.39 Å². The van der Waals surface area contributed by atoms with Gasteiger partial charge in [0.25, 0.3) is 0 Å². The first kappa shape index (κ1) is 17.9. The number of amides is 1. The highest BCUT2D eigenvalue weighted by molar-refractivity contribution is 9.10. The van der Waals surface area contributed by atoms with Crippen LogP contribution in [0.3, 0.4) is 0 Å². The number of aryl methyl sites for hydroxylation is 1. The second kappa shape index (κ2) is 7.23. The van der Waals surface area contributed by atoms with E-state index in [2.05, 4.69) is 26.1 Å². The van der Waals surface area contributed by atoms with E-state index in [0.717, 1.165) is 11.1 Å². The van der Waals surface area contributed by atoms with Crippen molar-refractivity contribution in [3.63, 3.8) is 0 Å². The zero-order valence-corrected chi connectivity index (χ0v) is 16.2. The van der Waals surface area contributed by atoms with Gasteiger partial charge in [-0.15, -0.1) is 0 Å². The van der Waals surface area contributed by atoms with Gasteiger partial charge in [-0.1, -0.05) is 51.4 Å². The van der Waals surface area contributed by atoms with Crippen molar-refractivity contribution in [1.82, 2.24) is 15.0 Å². The van der Waals surface area contributed by atoms with E-state index in [9.17, 15) is 9.18 Å². The van der Waals surface area contributed by atoms with Crippen LogP contribution in [0, 0.1) is 12.7 Å². The van der Waals surface area contributed by atoms with Crippen LogP contribution in [0.1, 0.15) is 35.9 Å². The molecule has 138 valence electrons. The van der Waals surface area contributed by atoms with Crippen LogP contribution in [0.25, 0.3) is 11.4 Å². The molecule has 0 N–H and O–H groups in total. The molecule has 1 aromatic heterocycles. The molecule has 3 aromatic rings. The molecule has 1 saturated heterocycles. The Bertz CT molecular complexity index is 1000. The Labute approximate surface area is 164 Å². The maximum atomic E-state index is 14.2. The summed E-state index contributed by atoms with van der Waals surface area (Å²) in [6.07, 6.45) is 0.956. The molecule has 1 amide bonds. The minimum absolute atomic E-state index is 0.0436. The van der Waals surface area contributed by atoms with E-state index in [0.29, 0.717) is 34.6 Å². The average Bonchev–Trinajstić information content (AvgIpc) is 3.25. The number of nitrogens with zero attached hydrogens (tertiary/aromatic N) is 3. The summed E-state index contributed by atoms with van der Waals surface area (Å²) in [5.74, 6) is 0.487. The van der Waals surface area contributed by atoms with Gasteiger partial charge in [0.1, 0.15) is 11.9 Å². The van der Waals surface area contributed by atoms with Crippen LogP contribution in [0.2, 0.25) is 0 Å². The molecular formula is C20H17BrFN3O2. The van der Waals surface area contributed by atoms with Crippen LogP contribution in [-0.4, -0.2) is 20.9 Å². The number of rotatable bonds is 4. The molecule has 0 saturated carbocycles. The molecule has 5 nitrogen and oxygen atoms in total. The molecule has 1 fully saturated rings. The van der Waals surface area contributed by atoms with Gasteiger partial charge in [-0.05, 0) is 31.0 Å². The number of carbonyl (C=O) groups is 1. The Balaban J connectivity index is 1.61. The van der Waals surface area contributed by atoms with Crippen molar-refractivity contribution in [2.24, 2.45) is 0 Å². The van der Waals surface area contributed by atoms with Gasteiger partial charge in [-0.3, -0.25) is 4.79 Å². The second-order valence-electron chi connectivity index (χ2n) is 6.58. The van der Waals surface area contributed by atoms with E-state index in [1.165, 1.54) is 6.07 Å². The molecule has 0 radical (unpaired) electrons. The summed E-state index contributed by atoms with van der Waals surface area (Å²) in [5, 5.41) is 4.08. The molecule has 1 atom stereocenters. The van der Waals surface area contributed by atoms with Crippen LogP contribution >= 0.6 is 15.9 Å². The number of hydrogen-bond donors (Lipinski definition) is 0. The number of carbonyl (C=O) groups excluding carboxylic acids is 1. The fourth-order valence-electron chi connectivity index (χ4n) is 3.33. The topological polar surface area (TPSA) is 59.2 Å². The van der Waals surface area contributed by atoms with Gasteiger partial charge in [-0.2, -0.15) is 4.98 Å². The maximum absolute atomic E-state index is 14.2. The van der Waals surface area contributed by atoms with E-state index in [-0.39, 0.29) is 24.3 Å². The monoisotopic (exact) mass is 429 g/mol. The standard InChI is InChI=1S/C20H17BrFN3O2/c1-12-4-2-3-5-15(12)19-23-20(27-24-19)17-8-9-18(26)25(17)11-13-6-7-14(21)10-16(13)22/h2-7,10,17H,8-9,11H2,1H3. The summed E-state index contributed by atoms with van der Waals surface area (Å²) >= 11 is 3.25. The Morgan fingerprint density at radius 2 is 2.11 bits per heavy atom. The molecule has 1 aliphatic heterocycles. The minimum atomic E-state index is -0.353. The Morgan fingerprint density at radius 3 is 2.89 bits per heavy atom. The summed E-state index contributed by atoms with van der Waals surface area (Å²) in [5.41, 5.74) is 2.39. The third-order valence-electron chi connectivity index (χ3n) is 4.80. The number of aromatic nitrogens is 2. The van der Waals surface area contributed by atoms with E-state index in [4.69, 9.17) is 4.52 Å². The van der Waals surface area contributed by atoms with Crippen LogP contribution in [0.5, 0.6) is 0 Å². The SMILES string of the molecule is Cc1ccccc1-c1noc(C2CCC(=O)N2Cc2ccc(Br)cc2F)n1. The third-order valence-corrected chi connectivity index (χ3v) is 5.29. The fourth-order valence-corrected chi connectivity index (χ4v) is 3.66. The number of benzene rings is 2. The van der Waals surface area contributed by atoms with E-state index < -0.39 is 0 Å². The maximum Gasteiger partial charge on any atom is 0.249 e. The molecule has 2 aromatic carbocycles. The van der Waals surface area contributed by atoms with Crippen molar-refractivity contribution in [3.8, 4) is 11.4 Å². The highest BCUT2D eigenvalue weighted by Crippen LogP contribution is 2.35. The van der Waals surface area contributed by atoms with Gasteiger partial charge >= 0.3 is 0 Å². The van der Waals surface area contributed by atoms with E-state index in [1.54, 1.807) is 17.0 Å². The Morgan fingerprint density at radius 1 is 1.30 bits per heavy atom. The fraction of sp³-hybridized carbons (Fsp3) is 0.250. The minimum Gasteiger partial charge on any atom is -0.337 e. The Kier molecular flexibility index (Phi) is 4.78. The lowest BCUT2D eigenvalue weighted by Gasteiger charge is -2.22. The van der Waals surface area contributed by atoms with Crippen molar-refractivity contribution >= 4 is 21.8 Å². The van der Waals surface area contributed by atoms with Crippen LogP contribution in [-0.2, 0) is 11.3 Å². The molecule has 2 heterocycles. The lowest BCUT2D eigenvalue weighted by molar-refractivity contribution is -0.130. The zero-order chi connectivity index (χ0) is 19.0. The van der Waals surface area contributed by atoms with Gasteiger partial charge in [-0.25, -0.2) is 4.39 Å². The summed E-state index contributed by atoms with van der Waals surface area (Å²) in [6.45, 7) is 2.15. The second-order valence-corrected chi connectivity index (χ2v) is 7.50. The highest BCUT2D eigenvalue weighted by atomic mass is 79.9. The van der Waals surface area contributed by atoms with Crippen LogP contribution in [0.15, 0.2) is 51.5 Å². The first-order chi connectivity index (χ1) is 13.0. The normalized spacial score (nSPS) is 16.9. The van der Waals surface area contributed by atoms with Gasteiger partial charge in [0, 0.05) is 28.6 Å². The van der Waals surface area contributed by atoms with Crippen molar-refractivity contribution in [1.29, 1.82) is 0 Å². The molecule has 0 bridgehead atoms. The summed E-state index contributed by atoms with van der Waals surface area (Å²) in [4.78, 5) is 18.5. The number of likely N-dealkylation sites (tertiary alicyclic amines) is 1. The lowest BCUT2D eigenvalue weighted by Crippen LogP contribution is -2.27. The van der Waals surface area contributed by atoms with Crippen molar-refractivity contribution < 1.29 is 13.7 Å². The lowest BCUT2D eigenvalue weighted by atomic mass is 10.1. The molecular weight excluding hydrogens is 413 g/mol. The molecule has 7 heteroatoms. The number of hydrogen-bond acceptors (Lipinski definition) is 4. The highest BCUT2D eigenvalue weighted by Gasteiger charge is 2.36. The Hall–Kier alpha value is -2.54. The summed E-state index contributed by atoms with van der Waals surface area (Å²) in [7, 11) is 0. The smallest absolute Gasteiger partial charge is 0.249 e. The molecule has 27 heavy (non-hydrogen) atoms. The molecule has 1 unspecified atom stereocenters. The molecule has 0 aliphatic carbocycles. The summed E-state index contributed by atoms with van der Waals surface area (Å²) in [6, 6.07) is 12.3. The largest absolute Gasteiger partial charge is 0.337 e. The third kappa shape index (κ3) is 3.51. The molecule has 4 rings (SSSR count). The molecule has 1 aliphatic rings. The molecule has 0 spiro atoms. The predicted octanol–water partition coefficient (Wildman–Crippen LogP) is 4.81. The first-order valence-corrected chi connectivity index (χ1v) is 9.45. The quantitative estimate of drug-likeness (QED) is 0.596. The zero-order valence-electron chi connectivity index (χ0n) is 14.7.